The molecule has 2 heterocycles. The highest BCUT2D eigenvalue weighted by Gasteiger charge is 2.22. The molecule has 3 nitrogen and oxygen atoms in total. The number of benzene rings is 1. The molecule has 1 aliphatic heterocycles. The summed E-state index contributed by atoms with van der Waals surface area (Å²) in [5, 5.41) is 4.33. The van der Waals surface area contributed by atoms with Crippen LogP contribution in [-0.2, 0) is 0 Å². The fourth-order valence-electron chi connectivity index (χ4n) is 2.55. The highest BCUT2D eigenvalue weighted by atomic mass is 16.1. The van der Waals surface area contributed by atoms with Crippen LogP contribution < -0.4 is 5.32 Å². The van der Waals surface area contributed by atoms with E-state index in [0.717, 1.165) is 42.4 Å². The quantitative estimate of drug-likeness (QED) is 0.820. The molecule has 1 saturated heterocycles. The molecule has 1 aliphatic rings. The fourth-order valence-corrected chi connectivity index (χ4v) is 2.55. The molecule has 0 spiro atoms. The zero-order valence-corrected chi connectivity index (χ0v) is 10.2. The van der Waals surface area contributed by atoms with Crippen molar-refractivity contribution in [1.82, 2.24) is 10.3 Å². The Morgan fingerprint density at radius 1 is 1.22 bits per heavy atom. The van der Waals surface area contributed by atoms with Gasteiger partial charge in [-0.3, -0.25) is 9.78 Å². The highest BCUT2D eigenvalue weighted by molar-refractivity contribution is 6.00. The van der Waals surface area contributed by atoms with Crippen LogP contribution in [0.15, 0.2) is 36.5 Å². The molecule has 1 N–H and O–H groups in total. The molecule has 18 heavy (non-hydrogen) atoms. The van der Waals surface area contributed by atoms with E-state index in [4.69, 9.17) is 0 Å². The Bertz CT molecular complexity index is 573. The lowest BCUT2D eigenvalue weighted by molar-refractivity contribution is 0.0895. The van der Waals surface area contributed by atoms with Gasteiger partial charge in [0.1, 0.15) is 0 Å². The second kappa shape index (κ2) is 4.86. The monoisotopic (exact) mass is 240 g/mol. The average molecular weight is 240 g/mol. The van der Waals surface area contributed by atoms with Gasteiger partial charge < -0.3 is 5.32 Å². The van der Waals surface area contributed by atoms with Crippen LogP contribution in [0.2, 0.25) is 0 Å². The van der Waals surface area contributed by atoms with E-state index >= 15 is 0 Å². The molecule has 3 heteroatoms. The van der Waals surface area contributed by atoms with E-state index in [-0.39, 0.29) is 11.7 Å². The van der Waals surface area contributed by atoms with Crippen LogP contribution in [0.25, 0.3) is 10.9 Å². The molecule has 0 unspecified atom stereocenters. The van der Waals surface area contributed by atoms with Gasteiger partial charge in [-0.15, -0.1) is 0 Å². The van der Waals surface area contributed by atoms with E-state index in [0.29, 0.717) is 0 Å². The summed E-state index contributed by atoms with van der Waals surface area (Å²) < 4.78 is 0. The highest BCUT2D eigenvalue weighted by Crippen LogP contribution is 2.21. The molecule has 0 radical (unpaired) electrons. The van der Waals surface area contributed by atoms with Gasteiger partial charge >= 0.3 is 0 Å². The van der Waals surface area contributed by atoms with E-state index in [9.17, 15) is 4.79 Å². The van der Waals surface area contributed by atoms with Gasteiger partial charge in [0.25, 0.3) is 0 Å². The SMILES string of the molecule is O=C(c1ccc2ncccc2c1)C1CCNCC1. The van der Waals surface area contributed by atoms with Crippen LogP contribution in [0.4, 0.5) is 0 Å². The standard InChI is InChI=1S/C15H16N2O/c18-15(11-5-8-16-9-6-11)13-3-4-14-12(10-13)2-1-7-17-14/h1-4,7,10-11,16H,5-6,8-9H2. The van der Waals surface area contributed by atoms with E-state index in [2.05, 4.69) is 10.3 Å². The van der Waals surface area contributed by atoms with Gasteiger partial charge in [-0.1, -0.05) is 6.07 Å². The zero-order chi connectivity index (χ0) is 12.4. The molecule has 0 amide bonds. The average Bonchev–Trinajstić information content (AvgIpc) is 2.47. The topological polar surface area (TPSA) is 42.0 Å². The summed E-state index contributed by atoms with van der Waals surface area (Å²) in [5.74, 6) is 0.461. The van der Waals surface area contributed by atoms with E-state index in [1.54, 1.807) is 6.20 Å². The lowest BCUT2D eigenvalue weighted by Crippen LogP contribution is -2.31. The maximum Gasteiger partial charge on any atom is 0.166 e. The largest absolute Gasteiger partial charge is 0.317 e. The number of hydrogen-bond acceptors (Lipinski definition) is 3. The van der Waals surface area contributed by atoms with E-state index in [1.807, 2.05) is 30.3 Å². The molecule has 92 valence electrons. The number of carbonyl (C=O) groups excluding carboxylic acids is 1. The van der Waals surface area contributed by atoms with Crippen molar-refractivity contribution in [2.24, 2.45) is 5.92 Å². The third kappa shape index (κ3) is 2.14. The maximum atomic E-state index is 12.4. The minimum Gasteiger partial charge on any atom is -0.317 e. The van der Waals surface area contributed by atoms with E-state index in [1.165, 1.54) is 0 Å². The second-order valence-corrected chi connectivity index (χ2v) is 4.80. The predicted octanol–water partition coefficient (Wildman–Crippen LogP) is 2.42. The van der Waals surface area contributed by atoms with Crippen molar-refractivity contribution in [3.05, 3.63) is 42.1 Å². The normalized spacial score (nSPS) is 16.9. The Hall–Kier alpha value is -1.74. The lowest BCUT2D eigenvalue weighted by Gasteiger charge is -2.21. The zero-order valence-electron chi connectivity index (χ0n) is 10.2. The number of pyridine rings is 1. The third-order valence-electron chi connectivity index (χ3n) is 3.60. The maximum absolute atomic E-state index is 12.4. The molecule has 0 atom stereocenters. The Morgan fingerprint density at radius 3 is 2.89 bits per heavy atom. The molecular formula is C15H16N2O. The Labute approximate surface area is 106 Å². The third-order valence-corrected chi connectivity index (χ3v) is 3.60. The summed E-state index contributed by atoms with van der Waals surface area (Å²) in [6.45, 7) is 1.90. The number of piperidine rings is 1. The predicted molar refractivity (Wildman–Crippen MR) is 71.7 cm³/mol. The van der Waals surface area contributed by atoms with Crippen LogP contribution in [0.5, 0.6) is 0 Å². The molecule has 2 aromatic rings. The number of fused-ring (bicyclic) bond motifs is 1. The van der Waals surface area contributed by atoms with Crippen LogP contribution in [-0.4, -0.2) is 23.9 Å². The van der Waals surface area contributed by atoms with Gasteiger partial charge in [0.2, 0.25) is 0 Å². The van der Waals surface area contributed by atoms with Crippen LogP contribution >= 0.6 is 0 Å². The van der Waals surface area contributed by atoms with Crippen molar-refractivity contribution in [2.45, 2.75) is 12.8 Å². The number of rotatable bonds is 2. The number of Topliss-reactive ketones (excluding diaryl/α,β-unsaturated/α-hetero) is 1. The van der Waals surface area contributed by atoms with Gasteiger partial charge in [-0.25, -0.2) is 0 Å². The lowest BCUT2D eigenvalue weighted by atomic mass is 9.89. The Kier molecular flexibility index (Phi) is 3.07. The molecule has 0 saturated carbocycles. The number of hydrogen-bond donors (Lipinski definition) is 1. The molecular weight excluding hydrogens is 224 g/mol. The van der Waals surface area contributed by atoms with Crippen molar-refractivity contribution in [3.63, 3.8) is 0 Å². The Balaban J connectivity index is 1.91. The summed E-state index contributed by atoms with van der Waals surface area (Å²) in [5.41, 5.74) is 1.77. The van der Waals surface area contributed by atoms with Crippen molar-refractivity contribution in [3.8, 4) is 0 Å². The van der Waals surface area contributed by atoms with Gasteiger partial charge in [0, 0.05) is 23.1 Å². The number of nitrogens with zero attached hydrogens (tertiary/aromatic N) is 1. The number of aromatic nitrogens is 1. The molecule has 0 aliphatic carbocycles. The van der Waals surface area contributed by atoms with Gasteiger partial charge in [-0.05, 0) is 50.2 Å². The Morgan fingerprint density at radius 2 is 2.06 bits per heavy atom. The first-order valence-corrected chi connectivity index (χ1v) is 6.44. The molecule has 1 aromatic heterocycles. The van der Waals surface area contributed by atoms with Crippen molar-refractivity contribution < 1.29 is 4.79 Å². The van der Waals surface area contributed by atoms with Crippen molar-refractivity contribution in [2.75, 3.05) is 13.1 Å². The molecule has 3 rings (SSSR count). The van der Waals surface area contributed by atoms with Crippen LogP contribution in [0.3, 0.4) is 0 Å². The first-order chi connectivity index (χ1) is 8.84. The van der Waals surface area contributed by atoms with Gasteiger partial charge in [0.05, 0.1) is 5.52 Å². The summed E-state index contributed by atoms with van der Waals surface area (Å²) in [6.07, 6.45) is 3.67. The minimum atomic E-state index is 0.181. The van der Waals surface area contributed by atoms with E-state index < -0.39 is 0 Å². The first-order valence-electron chi connectivity index (χ1n) is 6.44. The second-order valence-electron chi connectivity index (χ2n) is 4.80. The molecule has 1 fully saturated rings. The number of ketones is 1. The first kappa shape index (κ1) is 11.4. The van der Waals surface area contributed by atoms with Gasteiger partial charge in [0.15, 0.2) is 5.78 Å². The van der Waals surface area contributed by atoms with Crippen molar-refractivity contribution in [1.29, 1.82) is 0 Å². The molecule has 1 aromatic carbocycles. The van der Waals surface area contributed by atoms with Crippen LogP contribution in [0.1, 0.15) is 23.2 Å². The van der Waals surface area contributed by atoms with Crippen molar-refractivity contribution >= 4 is 16.7 Å². The smallest absolute Gasteiger partial charge is 0.166 e. The summed E-state index contributed by atoms with van der Waals surface area (Å²) in [6, 6.07) is 9.71. The fraction of sp³-hybridized carbons (Fsp3) is 0.333. The number of carbonyl (C=O) groups is 1. The minimum absolute atomic E-state index is 0.181. The van der Waals surface area contributed by atoms with Crippen LogP contribution in [0, 0.1) is 5.92 Å². The summed E-state index contributed by atoms with van der Waals surface area (Å²) in [7, 11) is 0. The number of nitrogens with one attached hydrogen (secondary N) is 1. The summed E-state index contributed by atoms with van der Waals surface area (Å²) >= 11 is 0. The molecule has 0 bridgehead atoms. The van der Waals surface area contributed by atoms with Gasteiger partial charge in [-0.2, -0.15) is 0 Å². The summed E-state index contributed by atoms with van der Waals surface area (Å²) in [4.78, 5) is 16.7.